The number of halogens is 1. The van der Waals surface area contributed by atoms with Crippen LogP contribution in [0.5, 0.6) is 0 Å². The van der Waals surface area contributed by atoms with Crippen molar-refractivity contribution in [3.05, 3.63) is 75.3 Å². The van der Waals surface area contributed by atoms with E-state index < -0.39 is 0 Å². The van der Waals surface area contributed by atoms with Crippen molar-refractivity contribution in [1.82, 2.24) is 4.98 Å². The summed E-state index contributed by atoms with van der Waals surface area (Å²) in [5, 5.41) is 6.43. The summed E-state index contributed by atoms with van der Waals surface area (Å²) in [7, 11) is 0. The minimum atomic E-state index is -0.293. The number of hydrogen-bond acceptors (Lipinski definition) is 4. The number of hydrogen-bond donors (Lipinski definition) is 2. The van der Waals surface area contributed by atoms with Gasteiger partial charge in [-0.25, -0.2) is 4.98 Å². The predicted octanol–water partition coefficient (Wildman–Crippen LogP) is 4.92. The average molecular weight is 386 g/mol. The molecule has 2 amide bonds. The summed E-state index contributed by atoms with van der Waals surface area (Å²) in [5.74, 6) is -0.557. The number of nitrogens with zero attached hydrogens (tertiary/aromatic N) is 1. The van der Waals surface area contributed by atoms with E-state index in [0.29, 0.717) is 32.0 Å². The molecule has 0 radical (unpaired) electrons. The first-order valence-electron chi connectivity index (χ1n) is 7.85. The van der Waals surface area contributed by atoms with E-state index in [9.17, 15) is 9.59 Å². The lowest BCUT2D eigenvalue weighted by molar-refractivity contribution is 0.102. The highest BCUT2D eigenvalue weighted by molar-refractivity contribution is 7.17. The second-order valence-electron chi connectivity index (χ2n) is 5.72. The molecule has 3 rings (SSSR count). The normalized spacial score (nSPS) is 10.4. The first-order valence-corrected chi connectivity index (χ1v) is 9.04. The third-order valence-corrected chi connectivity index (χ3v) is 4.93. The van der Waals surface area contributed by atoms with E-state index in [1.807, 2.05) is 19.1 Å². The van der Waals surface area contributed by atoms with Gasteiger partial charge in [0.15, 0.2) is 5.13 Å². The lowest BCUT2D eigenvalue weighted by atomic mass is 10.1. The van der Waals surface area contributed by atoms with Crippen molar-refractivity contribution in [2.75, 3.05) is 10.6 Å². The summed E-state index contributed by atoms with van der Waals surface area (Å²) < 4.78 is 0. The van der Waals surface area contributed by atoms with Crippen LogP contribution in [0.3, 0.4) is 0 Å². The molecule has 2 aromatic carbocycles. The van der Waals surface area contributed by atoms with E-state index in [0.717, 1.165) is 16.9 Å². The Hall–Kier alpha value is -2.70. The van der Waals surface area contributed by atoms with Crippen molar-refractivity contribution in [3.8, 4) is 0 Å². The molecule has 1 heterocycles. The van der Waals surface area contributed by atoms with Crippen LogP contribution in [0.2, 0.25) is 5.02 Å². The van der Waals surface area contributed by atoms with E-state index in [1.54, 1.807) is 43.3 Å². The minimum Gasteiger partial charge on any atom is -0.321 e. The summed E-state index contributed by atoms with van der Waals surface area (Å²) >= 11 is 7.06. The second-order valence-corrected chi connectivity index (χ2v) is 7.15. The van der Waals surface area contributed by atoms with E-state index >= 15 is 0 Å². The summed E-state index contributed by atoms with van der Waals surface area (Å²) in [6.07, 6.45) is 0. The van der Waals surface area contributed by atoms with Gasteiger partial charge in [0.2, 0.25) is 0 Å². The lowest BCUT2D eigenvalue weighted by Gasteiger charge is -2.04. The number of anilines is 2. The number of nitrogens with one attached hydrogen (secondary N) is 2. The van der Waals surface area contributed by atoms with E-state index in [4.69, 9.17) is 11.6 Å². The zero-order valence-corrected chi connectivity index (χ0v) is 15.7. The highest BCUT2D eigenvalue weighted by Crippen LogP contribution is 2.25. The Morgan fingerprint density at radius 1 is 1.00 bits per heavy atom. The van der Waals surface area contributed by atoms with Gasteiger partial charge in [-0.3, -0.25) is 14.9 Å². The SMILES string of the molecule is Cc1ccc(C(=O)Nc2nc(C)c(C(=O)Nc3cccc(Cl)c3)s2)cc1. The fraction of sp³-hybridized carbons (Fsp3) is 0.105. The van der Waals surface area contributed by atoms with Gasteiger partial charge in [-0.2, -0.15) is 0 Å². The Labute approximate surface area is 160 Å². The molecule has 3 aromatic rings. The minimum absolute atomic E-state index is 0.263. The maximum atomic E-state index is 12.5. The number of aryl methyl sites for hydroxylation is 2. The van der Waals surface area contributed by atoms with Crippen LogP contribution in [0.15, 0.2) is 48.5 Å². The quantitative estimate of drug-likeness (QED) is 0.669. The molecular formula is C19H16ClN3O2S. The molecule has 26 heavy (non-hydrogen) atoms. The van der Waals surface area contributed by atoms with Gasteiger partial charge >= 0.3 is 0 Å². The molecule has 0 atom stereocenters. The number of carbonyl (C=O) groups excluding carboxylic acids is 2. The van der Waals surface area contributed by atoms with Crippen LogP contribution in [0, 0.1) is 13.8 Å². The molecule has 0 bridgehead atoms. The Kier molecular flexibility index (Phi) is 5.35. The van der Waals surface area contributed by atoms with E-state index in [1.165, 1.54) is 0 Å². The Morgan fingerprint density at radius 2 is 1.73 bits per heavy atom. The van der Waals surface area contributed by atoms with Crippen LogP contribution in [0.25, 0.3) is 0 Å². The fourth-order valence-electron chi connectivity index (χ4n) is 2.29. The predicted molar refractivity (Wildman–Crippen MR) is 105 cm³/mol. The zero-order chi connectivity index (χ0) is 18.7. The maximum Gasteiger partial charge on any atom is 0.267 e. The molecule has 0 aliphatic heterocycles. The number of thiazole rings is 1. The molecule has 0 saturated carbocycles. The van der Waals surface area contributed by atoms with Crippen molar-refractivity contribution in [2.24, 2.45) is 0 Å². The van der Waals surface area contributed by atoms with Crippen molar-refractivity contribution >= 4 is 45.6 Å². The number of aromatic nitrogens is 1. The van der Waals surface area contributed by atoms with Gasteiger partial charge < -0.3 is 5.32 Å². The molecule has 0 unspecified atom stereocenters. The maximum absolute atomic E-state index is 12.5. The van der Waals surface area contributed by atoms with Crippen LogP contribution >= 0.6 is 22.9 Å². The standard InChI is InChI=1S/C19H16ClN3O2S/c1-11-6-8-13(9-7-11)17(24)23-19-21-12(2)16(26-19)18(25)22-15-5-3-4-14(20)10-15/h3-10H,1-2H3,(H,22,25)(H,21,23,24). The smallest absolute Gasteiger partial charge is 0.267 e. The van der Waals surface area contributed by atoms with Crippen molar-refractivity contribution in [2.45, 2.75) is 13.8 Å². The van der Waals surface area contributed by atoms with Gasteiger partial charge in [0.1, 0.15) is 4.88 Å². The zero-order valence-electron chi connectivity index (χ0n) is 14.2. The second kappa shape index (κ2) is 7.68. The number of benzene rings is 2. The highest BCUT2D eigenvalue weighted by atomic mass is 35.5. The van der Waals surface area contributed by atoms with Gasteiger partial charge in [0.25, 0.3) is 11.8 Å². The number of amides is 2. The van der Waals surface area contributed by atoms with Crippen molar-refractivity contribution in [1.29, 1.82) is 0 Å². The van der Waals surface area contributed by atoms with E-state index in [-0.39, 0.29) is 11.8 Å². The van der Waals surface area contributed by atoms with Crippen molar-refractivity contribution in [3.63, 3.8) is 0 Å². The Balaban J connectivity index is 1.73. The van der Waals surface area contributed by atoms with Gasteiger partial charge in [-0.1, -0.05) is 46.7 Å². The summed E-state index contributed by atoms with van der Waals surface area (Å²) in [6, 6.07) is 14.1. The molecule has 1 aromatic heterocycles. The monoisotopic (exact) mass is 385 g/mol. The van der Waals surface area contributed by atoms with Crippen LogP contribution in [-0.2, 0) is 0 Å². The number of carbonyl (C=O) groups is 2. The summed E-state index contributed by atoms with van der Waals surface area (Å²) in [6.45, 7) is 3.68. The molecular weight excluding hydrogens is 370 g/mol. The van der Waals surface area contributed by atoms with Gasteiger partial charge in [-0.05, 0) is 44.2 Å². The molecule has 0 saturated heterocycles. The molecule has 5 nitrogen and oxygen atoms in total. The average Bonchev–Trinajstić information content (AvgIpc) is 2.96. The molecule has 0 spiro atoms. The lowest BCUT2D eigenvalue weighted by Crippen LogP contribution is -2.11. The van der Waals surface area contributed by atoms with E-state index in [2.05, 4.69) is 15.6 Å². The Bertz CT molecular complexity index is 967. The molecule has 0 aliphatic carbocycles. The molecule has 0 aliphatic rings. The van der Waals surface area contributed by atoms with Gasteiger partial charge in [0.05, 0.1) is 5.69 Å². The first kappa shape index (κ1) is 18.1. The largest absolute Gasteiger partial charge is 0.321 e. The van der Waals surface area contributed by atoms with Crippen LogP contribution in [-0.4, -0.2) is 16.8 Å². The first-order chi connectivity index (χ1) is 12.4. The van der Waals surface area contributed by atoms with Gasteiger partial charge in [0, 0.05) is 16.3 Å². The molecule has 2 N–H and O–H groups in total. The topological polar surface area (TPSA) is 71.1 Å². The van der Waals surface area contributed by atoms with Crippen molar-refractivity contribution < 1.29 is 9.59 Å². The highest BCUT2D eigenvalue weighted by Gasteiger charge is 2.17. The molecule has 7 heteroatoms. The van der Waals surface area contributed by atoms with Crippen LogP contribution in [0.1, 0.15) is 31.3 Å². The Morgan fingerprint density at radius 3 is 2.42 bits per heavy atom. The van der Waals surface area contributed by atoms with Crippen LogP contribution < -0.4 is 10.6 Å². The molecule has 0 fully saturated rings. The third-order valence-electron chi connectivity index (χ3n) is 3.62. The fourth-order valence-corrected chi connectivity index (χ4v) is 3.34. The summed E-state index contributed by atoms with van der Waals surface area (Å²) in [5.41, 5.74) is 2.76. The van der Waals surface area contributed by atoms with Gasteiger partial charge in [-0.15, -0.1) is 0 Å². The summed E-state index contributed by atoms with van der Waals surface area (Å²) in [4.78, 5) is 29.4. The molecule has 132 valence electrons. The third kappa shape index (κ3) is 4.28. The van der Waals surface area contributed by atoms with Crippen LogP contribution in [0.4, 0.5) is 10.8 Å². The number of rotatable bonds is 4.